The van der Waals surface area contributed by atoms with E-state index in [-0.39, 0.29) is 11.9 Å². The lowest BCUT2D eigenvalue weighted by atomic mass is 10.1. The molecular formula is C13H20N2O. The van der Waals surface area contributed by atoms with Crippen molar-refractivity contribution in [3.05, 3.63) is 29.8 Å². The van der Waals surface area contributed by atoms with Gasteiger partial charge in [0.2, 0.25) is 0 Å². The first kappa shape index (κ1) is 12.6. The second kappa shape index (κ2) is 6.16. The van der Waals surface area contributed by atoms with Crippen molar-refractivity contribution < 1.29 is 4.79 Å². The topological polar surface area (TPSA) is 41.1 Å². The van der Waals surface area contributed by atoms with Crippen molar-refractivity contribution in [2.75, 3.05) is 12.4 Å². The van der Waals surface area contributed by atoms with Crippen LogP contribution in [-0.4, -0.2) is 19.0 Å². The van der Waals surface area contributed by atoms with Gasteiger partial charge in [0, 0.05) is 24.3 Å². The highest BCUT2D eigenvalue weighted by Crippen LogP contribution is 2.09. The van der Waals surface area contributed by atoms with E-state index in [0.29, 0.717) is 5.56 Å². The maximum absolute atomic E-state index is 11.8. The Labute approximate surface area is 97.2 Å². The largest absolute Gasteiger partial charge is 0.388 e. The van der Waals surface area contributed by atoms with Crippen molar-refractivity contribution in [2.24, 2.45) is 0 Å². The molecule has 1 aromatic carbocycles. The fourth-order valence-corrected chi connectivity index (χ4v) is 1.55. The minimum atomic E-state index is 0.0105. The van der Waals surface area contributed by atoms with Crippen molar-refractivity contribution in [2.45, 2.75) is 32.7 Å². The summed E-state index contributed by atoms with van der Waals surface area (Å²) >= 11 is 0. The van der Waals surface area contributed by atoms with Gasteiger partial charge in [-0.2, -0.15) is 0 Å². The summed E-state index contributed by atoms with van der Waals surface area (Å²) in [5.74, 6) is 0.0105. The highest BCUT2D eigenvalue weighted by Gasteiger charge is 2.09. The van der Waals surface area contributed by atoms with Crippen LogP contribution in [0.2, 0.25) is 0 Å². The zero-order valence-electron chi connectivity index (χ0n) is 10.2. The van der Waals surface area contributed by atoms with Gasteiger partial charge in [-0.15, -0.1) is 0 Å². The minimum absolute atomic E-state index is 0.0105. The van der Waals surface area contributed by atoms with Crippen molar-refractivity contribution in [1.29, 1.82) is 0 Å². The fraction of sp³-hybridized carbons (Fsp3) is 0.462. The minimum Gasteiger partial charge on any atom is -0.388 e. The average Bonchev–Trinajstić information content (AvgIpc) is 2.35. The molecule has 0 radical (unpaired) electrons. The van der Waals surface area contributed by atoms with Gasteiger partial charge in [-0.05, 0) is 37.1 Å². The van der Waals surface area contributed by atoms with E-state index in [1.807, 2.05) is 31.3 Å². The molecule has 0 bridgehead atoms. The van der Waals surface area contributed by atoms with Gasteiger partial charge in [0.05, 0.1) is 0 Å². The lowest BCUT2D eigenvalue weighted by Gasteiger charge is -2.14. The SMILES string of the molecule is CCC(CC)NC(=O)c1ccc(NC)cc1. The van der Waals surface area contributed by atoms with E-state index in [1.165, 1.54) is 0 Å². The highest BCUT2D eigenvalue weighted by molar-refractivity contribution is 5.94. The Morgan fingerprint density at radius 1 is 1.19 bits per heavy atom. The molecule has 1 aromatic rings. The van der Waals surface area contributed by atoms with Gasteiger partial charge in [0.25, 0.3) is 5.91 Å². The van der Waals surface area contributed by atoms with Crippen LogP contribution in [0.3, 0.4) is 0 Å². The molecule has 0 saturated heterocycles. The van der Waals surface area contributed by atoms with Crippen LogP contribution in [-0.2, 0) is 0 Å². The van der Waals surface area contributed by atoms with Crippen LogP contribution < -0.4 is 10.6 Å². The van der Waals surface area contributed by atoms with Crippen LogP contribution in [0.25, 0.3) is 0 Å². The van der Waals surface area contributed by atoms with Crippen LogP contribution in [0, 0.1) is 0 Å². The van der Waals surface area contributed by atoms with E-state index < -0.39 is 0 Å². The number of nitrogens with one attached hydrogen (secondary N) is 2. The molecule has 0 spiro atoms. The number of amides is 1. The van der Waals surface area contributed by atoms with Crippen LogP contribution in [0.5, 0.6) is 0 Å². The van der Waals surface area contributed by atoms with Crippen molar-refractivity contribution in [3.8, 4) is 0 Å². The Kier molecular flexibility index (Phi) is 4.83. The molecule has 0 unspecified atom stereocenters. The van der Waals surface area contributed by atoms with Gasteiger partial charge >= 0.3 is 0 Å². The Morgan fingerprint density at radius 2 is 1.75 bits per heavy atom. The third kappa shape index (κ3) is 3.26. The molecule has 0 heterocycles. The Hall–Kier alpha value is -1.51. The second-order valence-electron chi connectivity index (χ2n) is 3.81. The molecule has 0 atom stereocenters. The second-order valence-corrected chi connectivity index (χ2v) is 3.81. The summed E-state index contributed by atoms with van der Waals surface area (Å²) in [5.41, 5.74) is 1.73. The maximum Gasteiger partial charge on any atom is 0.251 e. The standard InChI is InChI=1S/C13H20N2O/c1-4-11(5-2)15-13(16)10-6-8-12(14-3)9-7-10/h6-9,11,14H,4-5H2,1-3H3,(H,15,16). The Bertz CT molecular complexity index is 328. The van der Waals surface area contributed by atoms with Gasteiger partial charge in [-0.3, -0.25) is 4.79 Å². The predicted molar refractivity (Wildman–Crippen MR) is 67.8 cm³/mol. The van der Waals surface area contributed by atoms with E-state index in [1.54, 1.807) is 0 Å². The van der Waals surface area contributed by atoms with Crippen LogP contribution >= 0.6 is 0 Å². The summed E-state index contributed by atoms with van der Waals surface area (Å²) < 4.78 is 0. The first-order chi connectivity index (χ1) is 7.71. The lowest BCUT2D eigenvalue weighted by molar-refractivity contribution is 0.0935. The quantitative estimate of drug-likeness (QED) is 0.801. The molecule has 0 aliphatic heterocycles. The van der Waals surface area contributed by atoms with Gasteiger partial charge in [-0.1, -0.05) is 13.8 Å². The summed E-state index contributed by atoms with van der Waals surface area (Å²) in [5, 5.41) is 6.04. The maximum atomic E-state index is 11.8. The fourth-order valence-electron chi connectivity index (χ4n) is 1.55. The van der Waals surface area contributed by atoms with Crippen molar-refractivity contribution in [1.82, 2.24) is 5.32 Å². The number of benzene rings is 1. The molecule has 2 N–H and O–H groups in total. The normalized spacial score (nSPS) is 10.2. The Morgan fingerprint density at radius 3 is 2.19 bits per heavy atom. The van der Waals surface area contributed by atoms with Crippen LogP contribution in [0.15, 0.2) is 24.3 Å². The monoisotopic (exact) mass is 220 g/mol. The van der Waals surface area contributed by atoms with Crippen molar-refractivity contribution >= 4 is 11.6 Å². The molecular weight excluding hydrogens is 200 g/mol. The van der Waals surface area contributed by atoms with E-state index in [9.17, 15) is 4.79 Å². The number of anilines is 1. The molecule has 3 heteroatoms. The van der Waals surface area contributed by atoms with Crippen LogP contribution in [0.1, 0.15) is 37.0 Å². The summed E-state index contributed by atoms with van der Waals surface area (Å²) in [6, 6.07) is 7.76. The number of hydrogen-bond acceptors (Lipinski definition) is 2. The van der Waals surface area contributed by atoms with Gasteiger partial charge in [0.1, 0.15) is 0 Å². The zero-order chi connectivity index (χ0) is 12.0. The molecule has 0 aliphatic rings. The van der Waals surface area contributed by atoms with E-state index in [0.717, 1.165) is 18.5 Å². The number of rotatable bonds is 5. The highest BCUT2D eigenvalue weighted by atomic mass is 16.1. The molecule has 88 valence electrons. The van der Waals surface area contributed by atoms with E-state index >= 15 is 0 Å². The third-order valence-corrected chi connectivity index (χ3v) is 2.76. The Balaban J connectivity index is 2.65. The molecule has 0 saturated carbocycles. The van der Waals surface area contributed by atoms with Gasteiger partial charge < -0.3 is 10.6 Å². The molecule has 1 rings (SSSR count). The predicted octanol–water partition coefficient (Wildman–Crippen LogP) is 2.65. The van der Waals surface area contributed by atoms with Crippen molar-refractivity contribution in [3.63, 3.8) is 0 Å². The molecule has 3 nitrogen and oxygen atoms in total. The lowest BCUT2D eigenvalue weighted by Crippen LogP contribution is -2.33. The number of carbonyl (C=O) groups excluding carboxylic acids is 1. The first-order valence-corrected chi connectivity index (χ1v) is 5.79. The molecule has 0 fully saturated rings. The number of hydrogen-bond donors (Lipinski definition) is 2. The first-order valence-electron chi connectivity index (χ1n) is 5.79. The van der Waals surface area contributed by atoms with Crippen LogP contribution in [0.4, 0.5) is 5.69 Å². The summed E-state index contributed by atoms with van der Waals surface area (Å²) in [6.07, 6.45) is 1.94. The molecule has 0 aliphatic carbocycles. The summed E-state index contributed by atoms with van der Waals surface area (Å²) in [7, 11) is 1.86. The van der Waals surface area contributed by atoms with E-state index in [4.69, 9.17) is 0 Å². The third-order valence-electron chi connectivity index (χ3n) is 2.76. The molecule has 1 amide bonds. The molecule has 0 aromatic heterocycles. The number of carbonyl (C=O) groups is 1. The van der Waals surface area contributed by atoms with E-state index in [2.05, 4.69) is 24.5 Å². The summed E-state index contributed by atoms with van der Waals surface area (Å²) in [6.45, 7) is 4.16. The zero-order valence-corrected chi connectivity index (χ0v) is 10.2. The average molecular weight is 220 g/mol. The smallest absolute Gasteiger partial charge is 0.251 e. The molecule has 16 heavy (non-hydrogen) atoms. The van der Waals surface area contributed by atoms with Gasteiger partial charge in [0.15, 0.2) is 0 Å². The summed E-state index contributed by atoms with van der Waals surface area (Å²) in [4.78, 5) is 11.8. The van der Waals surface area contributed by atoms with Gasteiger partial charge in [-0.25, -0.2) is 0 Å².